The minimum absolute atomic E-state index is 0.510. The molecule has 1 aromatic heterocycles. The molecule has 0 unspecified atom stereocenters. The standard InChI is InChI=1S/C13H24N4O/c1-10(2)8-14-9-12-16-17-13(18-12)15-11-6-4-3-5-7-11/h10-11,14H,3-9H2,1-2H3,(H,15,17). The number of hydrogen-bond acceptors (Lipinski definition) is 5. The average molecular weight is 252 g/mol. The van der Waals surface area contributed by atoms with E-state index in [-0.39, 0.29) is 0 Å². The summed E-state index contributed by atoms with van der Waals surface area (Å²) in [5.74, 6) is 1.29. The Hall–Kier alpha value is -1.10. The van der Waals surface area contributed by atoms with E-state index >= 15 is 0 Å². The molecule has 2 N–H and O–H groups in total. The molecule has 5 heteroatoms. The summed E-state index contributed by atoms with van der Waals surface area (Å²) in [7, 11) is 0. The molecule has 0 radical (unpaired) electrons. The summed E-state index contributed by atoms with van der Waals surface area (Å²) in [6.07, 6.45) is 6.38. The fourth-order valence-electron chi connectivity index (χ4n) is 2.27. The van der Waals surface area contributed by atoms with Crippen LogP contribution in [0.2, 0.25) is 0 Å². The Labute approximate surface area is 109 Å². The molecule has 0 amide bonds. The van der Waals surface area contributed by atoms with E-state index in [4.69, 9.17) is 4.42 Å². The molecule has 1 aliphatic carbocycles. The van der Waals surface area contributed by atoms with Crippen LogP contribution in [0.3, 0.4) is 0 Å². The number of nitrogens with zero attached hydrogens (tertiary/aromatic N) is 2. The number of rotatable bonds is 6. The SMILES string of the molecule is CC(C)CNCc1nnc(NC2CCCCC2)o1. The molecule has 0 atom stereocenters. The minimum atomic E-state index is 0.510. The van der Waals surface area contributed by atoms with Crippen molar-refractivity contribution < 1.29 is 4.42 Å². The molecule has 1 aliphatic rings. The molecule has 1 heterocycles. The lowest BCUT2D eigenvalue weighted by molar-refractivity contribution is 0.431. The third-order valence-corrected chi connectivity index (χ3v) is 3.23. The Morgan fingerprint density at radius 3 is 2.72 bits per heavy atom. The summed E-state index contributed by atoms with van der Waals surface area (Å²) in [5.41, 5.74) is 0. The van der Waals surface area contributed by atoms with Crippen molar-refractivity contribution in [2.24, 2.45) is 5.92 Å². The maximum absolute atomic E-state index is 5.57. The Morgan fingerprint density at radius 2 is 2.00 bits per heavy atom. The highest BCUT2D eigenvalue weighted by Crippen LogP contribution is 2.20. The smallest absolute Gasteiger partial charge is 0.315 e. The molecule has 5 nitrogen and oxygen atoms in total. The van der Waals surface area contributed by atoms with Crippen LogP contribution in [0.1, 0.15) is 51.8 Å². The van der Waals surface area contributed by atoms with Gasteiger partial charge in [0, 0.05) is 6.04 Å². The Kier molecular flexibility index (Phi) is 4.99. The van der Waals surface area contributed by atoms with Gasteiger partial charge in [0.05, 0.1) is 6.54 Å². The lowest BCUT2D eigenvalue weighted by atomic mass is 9.96. The van der Waals surface area contributed by atoms with Gasteiger partial charge < -0.3 is 15.1 Å². The van der Waals surface area contributed by atoms with Gasteiger partial charge in [0.2, 0.25) is 5.89 Å². The molecule has 0 spiro atoms. The molecular formula is C13H24N4O. The van der Waals surface area contributed by atoms with E-state index in [1.807, 2.05) is 0 Å². The first-order chi connectivity index (χ1) is 8.74. The van der Waals surface area contributed by atoms with Crippen LogP contribution < -0.4 is 10.6 Å². The fourth-order valence-corrected chi connectivity index (χ4v) is 2.27. The van der Waals surface area contributed by atoms with Gasteiger partial charge in [-0.05, 0) is 25.3 Å². The van der Waals surface area contributed by atoms with Crippen molar-refractivity contribution >= 4 is 6.01 Å². The monoisotopic (exact) mass is 252 g/mol. The van der Waals surface area contributed by atoms with E-state index < -0.39 is 0 Å². The van der Waals surface area contributed by atoms with Crippen LogP contribution in [0.15, 0.2) is 4.42 Å². The van der Waals surface area contributed by atoms with E-state index in [9.17, 15) is 0 Å². The molecule has 0 bridgehead atoms. The van der Waals surface area contributed by atoms with Gasteiger partial charge >= 0.3 is 6.01 Å². The molecular weight excluding hydrogens is 228 g/mol. The van der Waals surface area contributed by atoms with Crippen molar-refractivity contribution in [1.82, 2.24) is 15.5 Å². The van der Waals surface area contributed by atoms with Gasteiger partial charge in [-0.15, -0.1) is 5.10 Å². The number of aromatic nitrogens is 2. The van der Waals surface area contributed by atoms with Crippen LogP contribution in [0.5, 0.6) is 0 Å². The summed E-state index contributed by atoms with van der Waals surface area (Å²) in [6.45, 7) is 5.97. The maximum atomic E-state index is 5.57. The van der Waals surface area contributed by atoms with E-state index in [0.717, 1.165) is 6.54 Å². The third-order valence-electron chi connectivity index (χ3n) is 3.23. The number of anilines is 1. The Bertz CT molecular complexity index is 345. The van der Waals surface area contributed by atoms with Gasteiger partial charge in [-0.1, -0.05) is 38.2 Å². The third kappa shape index (κ3) is 4.29. The van der Waals surface area contributed by atoms with E-state index in [1.165, 1.54) is 32.1 Å². The van der Waals surface area contributed by atoms with Crippen LogP contribution >= 0.6 is 0 Å². The second-order valence-electron chi connectivity index (χ2n) is 5.50. The van der Waals surface area contributed by atoms with Crippen molar-refractivity contribution in [3.05, 3.63) is 5.89 Å². The van der Waals surface area contributed by atoms with Gasteiger partial charge in [-0.3, -0.25) is 0 Å². The maximum Gasteiger partial charge on any atom is 0.315 e. The summed E-state index contributed by atoms with van der Waals surface area (Å²) in [5, 5.41) is 14.7. The van der Waals surface area contributed by atoms with Gasteiger partial charge in [0.25, 0.3) is 0 Å². The molecule has 1 fully saturated rings. The zero-order valence-corrected chi connectivity index (χ0v) is 11.4. The molecule has 1 saturated carbocycles. The lowest BCUT2D eigenvalue weighted by Crippen LogP contribution is -2.22. The van der Waals surface area contributed by atoms with Crippen molar-refractivity contribution in [1.29, 1.82) is 0 Å². The summed E-state index contributed by atoms with van der Waals surface area (Å²) >= 11 is 0. The highest BCUT2D eigenvalue weighted by Gasteiger charge is 2.15. The predicted molar refractivity (Wildman–Crippen MR) is 71.3 cm³/mol. The minimum Gasteiger partial charge on any atom is -0.407 e. The largest absolute Gasteiger partial charge is 0.407 e. The van der Waals surface area contributed by atoms with Crippen LogP contribution in [0.25, 0.3) is 0 Å². The summed E-state index contributed by atoms with van der Waals surface area (Å²) < 4.78 is 5.57. The number of nitrogens with one attached hydrogen (secondary N) is 2. The first kappa shape index (κ1) is 13.3. The van der Waals surface area contributed by atoms with E-state index in [1.54, 1.807) is 0 Å². The normalized spacial score (nSPS) is 17.3. The van der Waals surface area contributed by atoms with Crippen LogP contribution in [0.4, 0.5) is 6.01 Å². The molecule has 2 rings (SSSR count). The first-order valence-corrected chi connectivity index (χ1v) is 7.03. The molecule has 1 aromatic rings. The van der Waals surface area contributed by atoms with E-state index in [2.05, 4.69) is 34.7 Å². The molecule has 102 valence electrons. The molecule has 0 aliphatic heterocycles. The van der Waals surface area contributed by atoms with Crippen LogP contribution in [-0.4, -0.2) is 22.8 Å². The van der Waals surface area contributed by atoms with Crippen LogP contribution in [0, 0.1) is 5.92 Å². The van der Waals surface area contributed by atoms with Crippen molar-refractivity contribution in [3.63, 3.8) is 0 Å². The Balaban J connectivity index is 1.74. The van der Waals surface area contributed by atoms with Crippen molar-refractivity contribution in [3.8, 4) is 0 Å². The van der Waals surface area contributed by atoms with Crippen molar-refractivity contribution in [2.45, 2.75) is 58.5 Å². The summed E-state index contributed by atoms with van der Waals surface area (Å²) in [6, 6.07) is 1.08. The summed E-state index contributed by atoms with van der Waals surface area (Å²) in [4.78, 5) is 0. The fraction of sp³-hybridized carbons (Fsp3) is 0.846. The zero-order chi connectivity index (χ0) is 12.8. The predicted octanol–water partition coefficient (Wildman–Crippen LogP) is 2.56. The molecule has 0 saturated heterocycles. The molecule has 18 heavy (non-hydrogen) atoms. The zero-order valence-electron chi connectivity index (χ0n) is 11.4. The number of hydrogen-bond donors (Lipinski definition) is 2. The van der Waals surface area contributed by atoms with Crippen LogP contribution in [-0.2, 0) is 6.54 Å². The average Bonchev–Trinajstić information content (AvgIpc) is 2.78. The molecule has 0 aromatic carbocycles. The van der Waals surface area contributed by atoms with Crippen molar-refractivity contribution in [2.75, 3.05) is 11.9 Å². The van der Waals surface area contributed by atoms with E-state index in [0.29, 0.717) is 30.4 Å². The van der Waals surface area contributed by atoms with Gasteiger partial charge in [-0.25, -0.2) is 0 Å². The van der Waals surface area contributed by atoms with Gasteiger partial charge in [0.1, 0.15) is 0 Å². The second-order valence-corrected chi connectivity index (χ2v) is 5.50. The highest BCUT2D eigenvalue weighted by molar-refractivity contribution is 5.19. The Morgan fingerprint density at radius 1 is 1.22 bits per heavy atom. The quantitative estimate of drug-likeness (QED) is 0.814. The van der Waals surface area contributed by atoms with Gasteiger partial charge in [0.15, 0.2) is 0 Å². The van der Waals surface area contributed by atoms with Gasteiger partial charge in [-0.2, -0.15) is 0 Å². The lowest BCUT2D eigenvalue weighted by Gasteiger charge is -2.21. The topological polar surface area (TPSA) is 63.0 Å². The highest BCUT2D eigenvalue weighted by atomic mass is 16.4. The second kappa shape index (κ2) is 6.73. The first-order valence-electron chi connectivity index (χ1n) is 7.03.